The first kappa shape index (κ1) is 19.7. The van der Waals surface area contributed by atoms with E-state index in [2.05, 4.69) is 29.2 Å². The monoisotopic (exact) mass is 449 g/mol. The van der Waals surface area contributed by atoms with Gasteiger partial charge in [0.25, 0.3) is 5.69 Å². The van der Waals surface area contributed by atoms with Gasteiger partial charge in [-0.2, -0.15) is 0 Å². The summed E-state index contributed by atoms with van der Waals surface area (Å²) in [4.78, 5) is 13.4. The first-order valence-electron chi connectivity index (χ1n) is 10.9. The smallest absolute Gasteiger partial charge is 0.269 e. The van der Waals surface area contributed by atoms with Crippen LogP contribution in [0, 0.1) is 22.0 Å². The number of rotatable bonds is 3. The van der Waals surface area contributed by atoms with E-state index >= 15 is 0 Å². The highest BCUT2D eigenvalue weighted by molar-refractivity contribution is 7.89. The summed E-state index contributed by atoms with van der Waals surface area (Å²) in [5.74, 6) is 0.876. The maximum Gasteiger partial charge on any atom is 0.269 e. The molecule has 0 spiro atoms. The number of primary sulfonamides is 1. The molecule has 0 unspecified atom stereocenters. The molecule has 2 aromatic rings. The topological polar surface area (TPSA) is 107 Å². The first-order valence-corrected chi connectivity index (χ1v) is 12.4. The lowest BCUT2D eigenvalue weighted by atomic mass is 9.70. The van der Waals surface area contributed by atoms with Gasteiger partial charge in [-0.05, 0) is 53.5 Å². The van der Waals surface area contributed by atoms with E-state index in [0.29, 0.717) is 5.92 Å². The van der Waals surface area contributed by atoms with Crippen LogP contribution in [0.5, 0.6) is 0 Å². The van der Waals surface area contributed by atoms with Gasteiger partial charge in [0.2, 0.25) is 10.0 Å². The van der Waals surface area contributed by atoms with Crippen LogP contribution in [0.25, 0.3) is 0 Å². The van der Waals surface area contributed by atoms with E-state index in [-0.39, 0.29) is 39.3 Å². The summed E-state index contributed by atoms with van der Waals surface area (Å²) in [7, 11) is -3.83. The highest BCUT2D eigenvalue weighted by Crippen LogP contribution is 2.59. The van der Waals surface area contributed by atoms with Gasteiger partial charge >= 0.3 is 0 Å². The summed E-state index contributed by atoms with van der Waals surface area (Å²) in [6.07, 6.45) is 10.6. The second-order valence-corrected chi connectivity index (χ2v) is 10.8. The Morgan fingerprint density at radius 1 is 1.00 bits per heavy atom. The Kier molecular flexibility index (Phi) is 4.16. The summed E-state index contributed by atoms with van der Waals surface area (Å²) in [5.41, 5.74) is 4.32. The lowest BCUT2D eigenvalue weighted by Gasteiger charge is -2.51. The summed E-state index contributed by atoms with van der Waals surface area (Å²) in [5, 5.41) is 16.7. The van der Waals surface area contributed by atoms with Crippen molar-refractivity contribution in [2.24, 2.45) is 17.0 Å². The molecule has 0 radical (unpaired) electrons. The molecule has 0 saturated carbocycles. The normalized spacial score (nSPS) is 29.5. The van der Waals surface area contributed by atoms with E-state index in [0.717, 1.165) is 41.8 Å². The quantitative estimate of drug-likeness (QED) is 0.431. The highest BCUT2D eigenvalue weighted by Gasteiger charge is 2.48. The van der Waals surface area contributed by atoms with Gasteiger partial charge in [0, 0.05) is 36.2 Å². The molecule has 164 valence electrons. The van der Waals surface area contributed by atoms with Crippen LogP contribution in [0.15, 0.2) is 65.6 Å². The number of fused-ring (bicyclic) bond motifs is 4. The molecule has 6 rings (SSSR count). The van der Waals surface area contributed by atoms with Gasteiger partial charge in [0.1, 0.15) is 0 Å². The molecule has 2 heterocycles. The van der Waals surface area contributed by atoms with E-state index in [9.17, 15) is 18.5 Å². The molecule has 2 aromatic carbocycles. The van der Waals surface area contributed by atoms with Crippen LogP contribution in [0.4, 0.5) is 11.4 Å². The maximum absolute atomic E-state index is 12.3. The lowest BCUT2D eigenvalue weighted by molar-refractivity contribution is -0.384. The lowest BCUT2D eigenvalue weighted by Crippen LogP contribution is -2.46. The minimum atomic E-state index is -3.83. The summed E-state index contributed by atoms with van der Waals surface area (Å²) in [6, 6.07) is 10.5. The molecule has 0 aromatic heterocycles. The molecular weight excluding hydrogens is 426 g/mol. The number of hydrogen-bond donors (Lipinski definition) is 1. The zero-order valence-electron chi connectivity index (χ0n) is 17.3. The van der Waals surface area contributed by atoms with Crippen molar-refractivity contribution in [2.75, 3.05) is 11.4 Å². The van der Waals surface area contributed by atoms with Gasteiger partial charge < -0.3 is 4.90 Å². The second-order valence-electron chi connectivity index (χ2n) is 9.24. The molecule has 2 aliphatic carbocycles. The molecule has 8 heteroatoms. The molecule has 0 fully saturated rings. The molecule has 0 bridgehead atoms. The number of nitrogens with zero attached hydrogens (tertiary/aromatic N) is 2. The number of hydrogen-bond acceptors (Lipinski definition) is 5. The minimum Gasteiger partial charge on any atom is -0.363 e. The van der Waals surface area contributed by atoms with Crippen molar-refractivity contribution in [2.45, 2.75) is 35.6 Å². The third-order valence-corrected chi connectivity index (χ3v) is 8.49. The van der Waals surface area contributed by atoms with E-state index in [1.165, 1.54) is 0 Å². The Morgan fingerprint density at radius 2 is 1.66 bits per heavy atom. The number of nitro groups is 1. The molecule has 4 aliphatic rings. The Morgan fingerprint density at radius 3 is 2.34 bits per heavy atom. The zero-order chi connectivity index (χ0) is 22.2. The van der Waals surface area contributed by atoms with Crippen molar-refractivity contribution >= 4 is 21.4 Å². The van der Waals surface area contributed by atoms with Crippen LogP contribution in [-0.4, -0.2) is 19.9 Å². The molecule has 0 amide bonds. The Labute approximate surface area is 186 Å². The Hall–Kier alpha value is -2.97. The molecule has 2 aliphatic heterocycles. The zero-order valence-corrected chi connectivity index (χ0v) is 18.1. The first-order chi connectivity index (χ1) is 15.3. The fraction of sp³-hybridized carbons (Fsp3) is 0.333. The van der Waals surface area contributed by atoms with E-state index < -0.39 is 10.0 Å². The average Bonchev–Trinajstić information content (AvgIpc) is 3.43. The summed E-state index contributed by atoms with van der Waals surface area (Å²) in [6.45, 7) is 0.872. The molecular formula is C24H23N3O4S. The third-order valence-electron chi connectivity index (χ3n) is 7.60. The van der Waals surface area contributed by atoms with Crippen molar-refractivity contribution in [3.63, 3.8) is 0 Å². The number of benzene rings is 2. The van der Waals surface area contributed by atoms with Crippen molar-refractivity contribution in [3.05, 3.63) is 87.5 Å². The van der Waals surface area contributed by atoms with E-state index in [1.807, 2.05) is 12.1 Å². The standard InChI is InChI=1S/C24H23N3O4S/c25-32(30,31)17-11-21-18-4-1-3-15(18)13-26-23(14-7-9-16(10-8-14)27(28)29)20-6-2-5-19(20)22(12-17)24(21)26/h1-2,4-5,7-12,15,18-20,23H,3,6,13H2,(H2,25,30,31)/t15-,18+,19-,20-,23+/m0/s1. The van der Waals surface area contributed by atoms with Crippen LogP contribution < -0.4 is 10.0 Å². The fourth-order valence-corrected chi connectivity index (χ4v) is 6.87. The van der Waals surface area contributed by atoms with Crippen LogP contribution in [0.3, 0.4) is 0 Å². The highest BCUT2D eigenvalue weighted by atomic mass is 32.2. The predicted octanol–water partition coefficient (Wildman–Crippen LogP) is 4.14. The van der Waals surface area contributed by atoms with Gasteiger partial charge in [-0.15, -0.1) is 0 Å². The predicted molar refractivity (Wildman–Crippen MR) is 121 cm³/mol. The molecule has 5 atom stereocenters. The second kappa shape index (κ2) is 6.76. The summed E-state index contributed by atoms with van der Waals surface area (Å²) >= 11 is 0. The third kappa shape index (κ3) is 2.79. The van der Waals surface area contributed by atoms with Crippen LogP contribution in [0.1, 0.15) is 47.4 Å². The molecule has 2 N–H and O–H groups in total. The maximum atomic E-state index is 12.3. The van der Waals surface area contributed by atoms with E-state index in [4.69, 9.17) is 5.14 Å². The van der Waals surface area contributed by atoms with Gasteiger partial charge in [-0.1, -0.05) is 36.4 Å². The number of sulfonamides is 1. The number of non-ortho nitro benzene ring substituents is 1. The Balaban J connectivity index is 1.57. The van der Waals surface area contributed by atoms with Gasteiger partial charge in [-0.25, -0.2) is 13.6 Å². The van der Waals surface area contributed by atoms with Crippen molar-refractivity contribution in [1.29, 1.82) is 0 Å². The van der Waals surface area contributed by atoms with E-state index in [1.54, 1.807) is 24.3 Å². The van der Waals surface area contributed by atoms with Crippen molar-refractivity contribution in [3.8, 4) is 0 Å². The van der Waals surface area contributed by atoms with Crippen LogP contribution in [-0.2, 0) is 10.0 Å². The van der Waals surface area contributed by atoms with Crippen molar-refractivity contribution in [1.82, 2.24) is 0 Å². The number of allylic oxidation sites excluding steroid dienone is 4. The largest absolute Gasteiger partial charge is 0.363 e. The average molecular weight is 450 g/mol. The molecule has 7 nitrogen and oxygen atoms in total. The Bertz CT molecular complexity index is 1280. The molecule has 32 heavy (non-hydrogen) atoms. The van der Waals surface area contributed by atoms with Gasteiger partial charge in [0.05, 0.1) is 15.9 Å². The number of nitro benzene ring substituents is 1. The number of anilines is 1. The van der Waals surface area contributed by atoms with Gasteiger partial charge in [0.15, 0.2) is 0 Å². The number of nitrogens with two attached hydrogens (primary N) is 1. The summed E-state index contributed by atoms with van der Waals surface area (Å²) < 4.78 is 24.6. The van der Waals surface area contributed by atoms with Gasteiger partial charge in [-0.3, -0.25) is 10.1 Å². The van der Waals surface area contributed by atoms with Crippen LogP contribution in [0.2, 0.25) is 0 Å². The SMILES string of the molecule is NS(=O)(=O)c1cc2c3c(c1)[C@@H]1C=CC[C@H]1CN3[C@H](c1ccc([N+](=O)[O-])cc1)[C@H]1CC=C[C@H]21. The molecule has 0 saturated heterocycles. The minimum absolute atomic E-state index is 0.0731. The van der Waals surface area contributed by atoms with Crippen LogP contribution >= 0.6 is 0 Å². The van der Waals surface area contributed by atoms with Crippen molar-refractivity contribution < 1.29 is 13.3 Å². The fourth-order valence-electron chi connectivity index (χ4n) is 6.28.